The Kier molecular flexibility index (Phi) is 3.16. The fourth-order valence-corrected chi connectivity index (χ4v) is 2.38. The number of carbonyl (C=O) groups excluding carboxylic acids is 1. The number of carbonyl (C=O) groups is 1. The summed E-state index contributed by atoms with van der Waals surface area (Å²) in [5.41, 5.74) is 5.91. The second-order valence-corrected chi connectivity index (χ2v) is 5.22. The molecule has 82 valence electrons. The van der Waals surface area contributed by atoms with E-state index in [-0.39, 0.29) is 0 Å². The lowest BCUT2D eigenvalue weighted by atomic mass is 10.4. The van der Waals surface area contributed by atoms with Gasteiger partial charge in [-0.15, -0.1) is 0 Å². The van der Waals surface area contributed by atoms with Crippen LogP contribution in [0, 0.1) is 0 Å². The van der Waals surface area contributed by atoms with Crippen molar-refractivity contribution >= 4 is 44.1 Å². The SMILES string of the molecule is NC(=O)N(c1cccnc1)c1ncc(Br)s1. The molecule has 0 atom stereocenters. The summed E-state index contributed by atoms with van der Waals surface area (Å²) in [5, 5.41) is 0.507. The van der Waals surface area contributed by atoms with Crippen molar-refractivity contribution < 1.29 is 4.79 Å². The van der Waals surface area contributed by atoms with E-state index < -0.39 is 6.03 Å². The number of aromatic nitrogens is 2. The van der Waals surface area contributed by atoms with Gasteiger partial charge in [0.15, 0.2) is 5.13 Å². The molecule has 2 heterocycles. The predicted octanol–water partition coefficient (Wildman–Crippen LogP) is 2.52. The number of rotatable bonds is 2. The first kappa shape index (κ1) is 11.0. The van der Waals surface area contributed by atoms with E-state index in [4.69, 9.17) is 5.73 Å². The molecule has 0 aliphatic heterocycles. The number of hydrogen-bond donors (Lipinski definition) is 1. The Morgan fingerprint density at radius 3 is 2.81 bits per heavy atom. The molecule has 0 aromatic carbocycles. The average Bonchev–Trinajstić information content (AvgIpc) is 2.66. The van der Waals surface area contributed by atoms with Gasteiger partial charge in [-0.2, -0.15) is 0 Å². The average molecular weight is 299 g/mol. The van der Waals surface area contributed by atoms with Gasteiger partial charge in [0.05, 0.1) is 21.9 Å². The molecule has 0 saturated carbocycles. The minimum atomic E-state index is -0.588. The molecule has 5 nitrogen and oxygen atoms in total. The third-order valence-corrected chi connectivity index (χ3v) is 3.24. The number of nitrogens with zero attached hydrogens (tertiary/aromatic N) is 3. The lowest BCUT2D eigenvalue weighted by Crippen LogP contribution is -2.31. The molecule has 2 rings (SSSR count). The van der Waals surface area contributed by atoms with Crippen molar-refractivity contribution in [1.29, 1.82) is 0 Å². The van der Waals surface area contributed by atoms with Gasteiger partial charge in [-0.05, 0) is 28.1 Å². The van der Waals surface area contributed by atoms with Gasteiger partial charge in [-0.1, -0.05) is 11.3 Å². The summed E-state index contributed by atoms with van der Waals surface area (Å²) in [6.07, 6.45) is 4.80. The second kappa shape index (κ2) is 4.58. The number of nitrogens with two attached hydrogens (primary N) is 1. The zero-order valence-corrected chi connectivity index (χ0v) is 10.4. The summed E-state index contributed by atoms with van der Waals surface area (Å²) in [6.45, 7) is 0. The van der Waals surface area contributed by atoms with E-state index in [9.17, 15) is 4.79 Å². The van der Waals surface area contributed by atoms with E-state index in [0.717, 1.165) is 3.79 Å². The predicted molar refractivity (Wildman–Crippen MR) is 65.8 cm³/mol. The van der Waals surface area contributed by atoms with E-state index in [1.165, 1.54) is 16.2 Å². The first-order valence-corrected chi connectivity index (χ1v) is 5.90. The maximum absolute atomic E-state index is 11.4. The summed E-state index contributed by atoms with van der Waals surface area (Å²) in [7, 11) is 0. The minimum absolute atomic E-state index is 0.507. The Bertz CT molecular complexity index is 501. The Hall–Kier alpha value is -1.47. The zero-order valence-electron chi connectivity index (χ0n) is 8.00. The van der Waals surface area contributed by atoms with Gasteiger partial charge in [0, 0.05) is 6.20 Å². The van der Waals surface area contributed by atoms with Crippen LogP contribution in [0.5, 0.6) is 0 Å². The smallest absolute Gasteiger partial charge is 0.325 e. The summed E-state index contributed by atoms with van der Waals surface area (Å²) in [6, 6.07) is 2.89. The van der Waals surface area contributed by atoms with Crippen molar-refractivity contribution in [2.24, 2.45) is 5.73 Å². The van der Waals surface area contributed by atoms with Crippen LogP contribution in [-0.4, -0.2) is 16.0 Å². The topological polar surface area (TPSA) is 72.1 Å². The summed E-state index contributed by atoms with van der Waals surface area (Å²) in [4.78, 5) is 20.7. The number of anilines is 2. The second-order valence-electron chi connectivity index (χ2n) is 2.83. The van der Waals surface area contributed by atoms with Gasteiger partial charge >= 0.3 is 6.03 Å². The number of hydrogen-bond acceptors (Lipinski definition) is 4. The maximum atomic E-state index is 11.4. The Morgan fingerprint density at radius 1 is 1.50 bits per heavy atom. The van der Waals surface area contributed by atoms with Crippen LogP contribution < -0.4 is 10.6 Å². The lowest BCUT2D eigenvalue weighted by molar-refractivity contribution is 0.256. The van der Waals surface area contributed by atoms with Crippen molar-refractivity contribution in [3.05, 3.63) is 34.5 Å². The molecular formula is C9H7BrN4OS. The van der Waals surface area contributed by atoms with Crippen molar-refractivity contribution in [1.82, 2.24) is 9.97 Å². The zero-order chi connectivity index (χ0) is 11.5. The summed E-state index contributed by atoms with van der Waals surface area (Å²) < 4.78 is 0.831. The fraction of sp³-hybridized carbons (Fsp3) is 0. The standard InChI is InChI=1S/C9H7BrN4OS/c10-7-5-13-9(16-7)14(8(11)15)6-2-1-3-12-4-6/h1-5H,(H2,11,15). The van der Waals surface area contributed by atoms with Crippen LogP contribution in [-0.2, 0) is 0 Å². The Balaban J connectivity index is 2.43. The van der Waals surface area contributed by atoms with Crippen LogP contribution >= 0.6 is 27.3 Å². The van der Waals surface area contributed by atoms with Crippen molar-refractivity contribution in [2.45, 2.75) is 0 Å². The van der Waals surface area contributed by atoms with Crippen molar-refractivity contribution in [3.8, 4) is 0 Å². The van der Waals surface area contributed by atoms with Gasteiger partial charge in [0.2, 0.25) is 0 Å². The molecule has 7 heteroatoms. The highest BCUT2D eigenvalue weighted by Gasteiger charge is 2.18. The monoisotopic (exact) mass is 298 g/mol. The molecule has 2 aromatic rings. The van der Waals surface area contributed by atoms with E-state index in [0.29, 0.717) is 10.8 Å². The van der Waals surface area contributed by atoms with Crippen LogP contribution in [0.1, 0.15) is 0 Å². The molecule has 2 amide bonds. The molecule has 0 aliphatic carbocycles. The maximum Gasteiger partial charge on any atom is 0.325 e. The molecule has 16 heavy (non-hydrogen) atoms. The highest BCUT2D eigenvalue weighted by Crippen LogP contribution is 2.31. The largest absolute Gasteiger partial charge is 0.351 e. The van der Waals surface area contributed by atoms with Gasteiger partial charge in [0.25, 0.3) is 0 Å². The van der Waals surface area contributed by atoms with Gasteiger partial charge < -0.3 is 5.73 Å². The number of primary amides is 1. The molecule has 0 unspecified atom stereocenters. The van der Waals surface area contributed by atoms with E-state index >= 15 is 0 Å². The number of thiazole rings is 1. The summed E-state index contributed by atoms with van der Waals surface area (Å²) >= 11 is 4.61. The number of urea groups is 1. The van der Waals surface area contributed by atoms with Crippen LogP contribution in [0.4, 0.5) is 15.6 Å². The molecule has 0 spiro atoms. The molecule has 0 saturated heterocycles. The molecule has 0 aliphatic rings. The highest BCUT2D eigenvalue weighted by atomic mass is 79.9. The van der Waals surface area contributed by atoms with E-state index in [1.807, 2.05) is 0 Å². The van der Waals surface area contributed by atoms with Crippen molar-refractivity contribution in [3.63, 3.8) is 0 Å². The van der Waals surface area contributed by atoms with Gasteiger partial charge in [0.1, 0.15) is 0 Å². The third kappa shape index (κ3) is 2.20. The molecule has 2 aromatic heterocycles. The Labute approximate surface area is 104 Å². The molecule has 0 radical (unpaired) electrons. The first-order valence-electron chi connectivity index (χ1n) is 4.29. The first-order chi connectivity index (χ1) is 7.68. The number of amides is 2. The van der Waals surface area contributed by atoms with E-state index in [2.05, 4.69) is 25.9 Å². The molecule has 0 fully saturated rings. The van der Waals surface area contributed by atoms with Crippen LogP contribution in [0.2, 0.25) is 0 Å². The minimum Gasteiger partial charge on any atom is -0.351 e. The van der Waals surface area contributed by atoms with E-state index in [1.54, 1.807) is 30.7 Å². The van der Waals surface area contributed by atoms with Crippen molar-refractivity contribution in [2.75, 3.05) is 4.90 Å². The third-order valence-electron chi connectivity index (χ3n) is 1.78. The number of pyridine rings is 1. The highest BCUT2D eigenvalue weighted by molar-refractivity contribution is 9.11. The van der Waals surface area contributed by atoms with Crippen LogP contribution in [0.3, 0.4) is 0 Å². The summed E-state index contributed by atoms with van der Waals surface area (Å²) in [5.74, 6) is 0. The quantitative estimate of drug-likeness (QED) is 0.926. The lowest BCUT2D eigenvalue weighted by Gasteiger charge is -2.16. The molecular weight excluding hydrogens is 292 g/mol. The molecule has 2 N–H and O–H groups in total. The normalized spacial score (nSPS) is 10.1. The van der Waals surface area contributed by atoms with Crippen LogP contribution in [0.25, 0.3) is 0 Å². The fourth-order valence-electron chi connectivity index (χ4n) is 1.17. The number of halogens is 1. The van der Waals surface area contributed by atoms with Gasteiger partial charge in [-0.25, -0.2) is 14.7 Å². The van der Waals surface area contributed by atoms with Gasteiger partial charge in [-0.3, -0.25) is 4.98 Å². The Morgan fingerprint density at radius 2 is 2.31 bits per heavy atom. The van der Waals surface area contributed by atoms with Crippen LogP contribution in [0.15, 0.2) is 34.5 Å². The molecule has 0 bridgehead atoms.